The van der Waals surface area contributed by atoms with Gasteiger partial charge in [-0.25, -0.2) is 0 Å². The van der Waals surface area contributed by atoms with Crippen LogP contribution in [0.15, 0.2) is 24.5 Å². The normalized spacial score (nSPS) is 26.1. The summed E-state index contributed by atoms with van der Waals surface area (Å²) in [4.78, 5) is 24.8. The van der Waals surface area contributed by atoms with Gasteiger partial charge in [0.05, 0.1) is 5.92 Å². The predicted octanol–water partition coefficient (Wildman–Crippen LogP) is 3.55. The summed E-state index contributed by atoms with van der Waals surface area (Å²) in [6.07, 6.45) is 14.9. The van der Waals surface area contributed by atoms with Crippen molar-refractivity contribution in [3.05, 3.63) is 30.1 Å². The molecule has 29 heavy (non-hydrogen) atoms. The molecule has 0 N–H and O–H groups in total. The lowest BCUT2D eigenvalue weighted by molar-refractivity contribution is -0.138. The average Bonchev–Trinajstić information content (AvgIpc) is 2.75. The second kappa shape index (κ2) is 10.5. The van der Waals surface area contributed by atoms with Crippen LogP contribution in [0.1, 0.15) is 63.4 Å². The minimum atomic E-state index is 0.233. The van der Waals surface area contributed by atoms with E-state index in [1.54, 1.807) is 0 Å². The first-order valence-corrected chi connectivity index (χ1v) is 11.9. The standard InChI is InChI=1S/C24H38N4O/c29-24(27-13-4-2-1-3-5-14-27)22-9-7-15-28(20-22)23-10-16-26(17-11-23)19-21-8-6-12-25-18-21/h6,8,12,18,22-23H,1-5,7,9-11,13-17,19-20H2/t22-/m0/s1. The van der Waals surface area contributed by atoms with E-state index < -0.39 is 0 Å². The first-order chi connectivity index (χ1) is 14.3. The topological polar surface area (TPSA) is 39.7 Å². The van der Waals surface area contributed by atoms with Crippen LogP contribution in [0.5, 0.6) is 0 Å². The van der Waals surface area contributed by atoms with Crippen LogP contribution >= 0.6 is 0 Å². The van der Waals surface area contributed by atoms with Crippen molar-refractivity contribution in [1.29, 1.82) is 0 Å². The van der Waals surface area contributed by atoms with E-state index in [9.17, 15) is 4.79 Å². The number of aromatic nitrogens is 1. The second-order valence-corrected chi connectivity index (χ2v) is 9.30. The van der Waals surface area contributed by atoms with Gasteiger partial charge in [-0.1, -0.05) is 25.3 Å². The Balaban J connectivity index is 1.26. The molecule has 1 amide bonds. The Morgan fingerprint density at radius 3 is 2.41 bits per heavy atom. The van der Waals surface area contributed by atoms with Gasteiger partial charge in [-0.3, -0.25) is 19.6 Å². The summed E-state index contributed by atoms with van der Waals surface area (Å²) >= 11 is 0. The summed E-state index contributed by atoms with van der Waals surface area (Å²) in [6, 6.07) is 4.85. The van der Waals surface area contributed by atoms with Crippen LogP contribution in [-0.4, -0.2) is 70.9 Å². The maximum Gasteiger partial charge on any atom is 0.226 e. The molecule has 5 heteroatoms. The van der Waals surface area contributed by atoms with Crippen LogP contribution in [0, 0.1) is 5.92 Å². The van der Waals surface area contributed by atoms with Gasteiger partial charge in [-0.05, 0) is 69.8 Å². The Kier molecular flexibility index (Phi) is 7.55. The van der Waals surface area contributed by atoms with Crippen molar-refractivity contribution in [3.63, 3.8) is 0 Å². The largest absolute Gasteiger partial charge is 0.342 e. The molecule has 0 bridgehead atoms. The molecule has 1 aromatic heterocycles. The fraction of sp³-hybridized carbons (Fsp3) is 0.750. The molecule has 1 aromatic rings. The Morgan fingerprint density at radius 1 is 0.931 bits per heavy atom. The summed E-state index contributed by atoms with van der Waals surface area (Å²) < 4.78 is 0. The van der Waals surface area contributed by atoms with Crippen molar-refractivity contribution in [2.45, 2.75) is 70.4 Å². The predicted molar refractivity (Wildman–Crippen MR) is 116 cm³/mol. The van der Waals surface area contributed by atoms with E-state index >= 15 is 0 Å². The van der Waals surface area contributed by atoms with Gasteiger partial charge in [0, 0.05) is 44.6 Å². The summed E-state index contributed by atoms with van der Waals surface area (Å²) in [6.45, 7) is 7.46. The van der Waals surface area contributed by atoms with Crippen LogP contribution in [0.4, 0.5) is 0 Å². The molecule has 0 spiro atoms. The third-order valence-corrected chi connectivity index (χ3v) is 7.17. The molecule has 1 atom stereocenters. The van der Waals surface area contributed by atoms with Crippen molar-refractivity contribution in [2.75, 3.05) is 39.3 Å². The molecule has 3 fully saturated rings. The number of amides is 1. The molecule has 0 aromatic carbocycles. The van der Waals surface area contributed by atoms with Crippen molar-refractivity contribution in [2.24, 2.45) is 5.92 Å². The van der Waals surface area contributed by atoms with Crippen LogP contribution < -0.4 is 0 Å². The van der Waals surface area contributed by atoms with Crippen molar-refractivity contribution < 1.29 is 4.79 Å². The number of hydrogen-bond donors (Lipinski definition) is 0. The summed E-state index contributed by atoms with van der Waals surface area (Å²) in [5.41, 5.74) is 1.31. The number of carbonyl (C=O) groups is 1. The second-order valence-electron chi connectivity index (χ2n) is 9.30. The highest BCUT2D eigenvalue weighted by molar-refractivity contribution is 5.79. The zero-order valence-corrected chi connectivity index (χ0v) is 18.0. The smallest absolute Gasteiger partial charge is 0.226 e. The Labute approximate surface area is 176 Å². The van der Waals surface area contributed by atoms with E-state index in [2.05, 4.69) is 25.8 Å². The third-order valence-electron chi connectivity index (χ3n) is 7.17. The van der Waals surface area contributed by atoms with Gasteiger partial charge in [0.2, 0.25) is 5.91 Å². The SMILES string of the molecule is O=C([C@H]1CCCN(C2CCN(Cc3cccnc3)CC2)C1)N1CCCCCCC1. The van der Waals surface area contributed by atoms with E-state index in [1.165, 1.54) is 63.5 Å². The molecule has 3 saturated heterocycles. The minimum Gasteiger partial charge on any atom is -0.342 e. The van der Waals surface area contributed by atoms with Gasteiger partial charge in [0.25, 0.3) is 0 Å². The van der Waals surface area contributed by atoms with E-state index in [4.69, 9.17) is 0 Å². The Morgan fingerprint density at radius 2 is 1.69 bits per heavy atom. The number of hydrogen-bond acceptors (Lipinski definition) is 4. The fourth-order valence-corrected chi connectivity index (χ4v) is 5.46. The average molecular weight is 399 g/mol. The van der Waals surface area contributed by atoms with Gasteiger partial charge in [0.1, 0.15) is 0 Å². The number of pyridine rings is 1. The zero-order chi connectivity index (χ0) is 19.9. The van der Waals surface area contributed by atoms with E-state index in [-0.39, 0.29) is 5.92 Å². The lowest BCUT2D eigenvalue weighted by Crippen LogP contribution is -2.51. The lowest BCUT2D eigenvalue weighted by atomic mass is 9.92. The van der Waals surface area contributed by atoms with Gasteiger partial charge in [0.15, 0.2) is 0 Å². The maximum absolute atomic E-state index is 13.2. The highest BCUT2D eigenvalue weighted by Crippen LogP contribution is 2.26. The minimum absolute atomic E-state index is 0.233. The van der Waals surface area contributed by atoms with E-state index in [0.29, 0.717) is 11.9 Å². The van der Waals surface area contributed by atoms with Crippen LogP contribution in [0.2, 0.25) is 0 Å². The van der Waals surface area contributed by atoms with Crippen molar-refractivity contribution in [1.82, 2.24) is 19.7 Å². The van der Waals surface area contributed by atoms with Crippen molar-refractivity contribution in [3.8, 4) is 0 Å². The van der Waals surface area contributed by atoms with E-state index in [0.717, 1.165) is 45.7 Å². The van der Waals surface area contributed by atoms with Crippen LogP contribution in [0.3, 0.4) is 0 Å². The number of rotatable bonds is 4. The zero-order valence-electron chi connectivity index (χ0n) is 18.0. The van der Waals surface area contributed by atoms with Crippen LogP contribution in [-0.2, 0) is 11.3 Å². The van der Waals surface area contributed by atoms with E-state index in [1.807, 2.05) is 18.5 Å². The molecule has 4 heterocycles. The van der Waals surface area contributed by atoms with Gasteiger partial charge < -0.3 is 4.90 Å². The molecule has 0 saturated carbocycles. The molecule has 3 aliphatic rings. The summed E-state index contributed by atoms with van der Waals surface area (Å²) in [7, 11) is 0. The fourth-order valence-electron chi connectivity index (χ4n) is 5.46. The first kappa shape index (κ1) is 20.8. The summed E-state index contributed by atoms with van der Waals surface area (Å²) in [5.74, 6) is 0.683. The number of likely N-dealkylation sites (tertiary alicyclic amines) is 3. The Hall–Kier alpha value is -1.46. The van der Waals surface area contributed by atoms with Gasteiger partial charge in [-0.15, -0.1) is 0 Å². The molecule has 3 aliphatic heterocycles. The number of piperidine rings is 2. The molecule has 160 valence electrons. The molecular formula is C24H38N4O. The lowest BCUT2D eigenvalue weighted by Gasteiger charge is -2.43. The van der Waals surface area contributed by atoms with Gasteiger partial charge >= 0.3 is 0 Å². The van der Waals surface area contributed by atoms with Crippen LogP contribution in [0.25, 0.3) is 0 Å². The number of nitrogens with zero attached hydrogens (tertiary/aromatic N) is 4. The quantitative estimate of drug-likeness (QED) is 0.778. The van der Waals surface area contributed by atoms with Crippen molar-refractivity contribution >= 4 is 5.91 Å². The maximum atomic E-state index is 13.2. The summed E-state index contributed by atoms with van der Waals surface area (Å²) in [5, 5.41) is 0. The molecule has 5 nitrogen and oxygen atoms in total. The molecule has 4 rings (SSSR count). The molecule has 0 aliphatic carbocycles. The Bertz CT molecular complexity index is 621. The highest BCUT2D eigenvalue weighted by atomic mass is 16.2. The van der Waals surface area contributed by atoms with Gasteiger partial charge in [-0.2, -0.15) is 0 Å². The number of carbonyl (C=O) groups excluding carboxylic acids is 1. The first-order valence-electron chi connectivity index (χ1n) is 11.9. The highest BCUT2D eigenvalue weighted by Gasteiger charge is 2.33. The monoisotopic (exact) mass is 398 g/mol. The molecular weight excluding hydrogens is 360 g/mol. The molecule has 0 radical (unpaired) electrons. The molecule has 0 unspecified atom stereocenters. The third kappa shape index (κ3) is 5.79.